The highest BCUT2D eigenvalue weighted by atomic mass is 16.4. The lowest BCUT2D eigenvalue weighted by Crippen LogP contribution is -2.36. The molecule has 6 heteroatoms. The summed E-state index contributed by atoms with van der Waals surface area (Å²) in [6.45, 7) is 8.40. The van der Waals surface area contributed by atoms with E-state index in [1.807, 2.05) is 4.90 Å². The summed E-state index contributed by atoms with van der Waals surface area (Å²) in [6.07, 6.45) is 1.34. The lowest BCUT2D eigenvalue weighted by atomic mass is 10.1. The van der Waals surface area contributed by atoms with E-state index >= 15 is 0 Å². The van der Waals surface area contributed by atoms with Crippen LogP contribution in [0.5, 0.6) is 0 Å². The summed E-state index contributed by atoms with van der Waals surface area (Å²) in [5.41, 5.74) is 0.0316. The van der Waals surface area contributed by atoms with E-state index in [9.17, 15) is 5.11 Å². The van der Waals surface area contributed by atoms with Gasteiger partial charge in [-0.2, -0.15) is 0 Å². The molecule has 0 saturated carbocycles. The molecule has 0 radical (unpaired) electrons. The van der Waals surface area contributed by atoms with Crippen molar-refractivity contribution in [1.82, 2.24) is 15.5 Å². The van der Waals surface area contributed by atoms with Crippen LogP contribution < -0.4 is 10.2 Å². The molecule has 1 aromatic rings. The minimum absolute atomic E-state index is 0.0316. The minimum Gasteiger partial charge on any atom is -0.407 e. The van der Waals surface area contributed by atoms with Crippen LogP contribution in [0.15, 0.2) is 4.42 Å². The van der Waals surface area contributed by atoms with Crippen LogP contribution in [0, 0.1) is 0 Å². The third-order valence-electron chi connectivity index (χ3n) is 2.96. The van der Waals surface area contributed by atoms with Gasteiger partial charge in [-0.15, -0.1) is 5.10 Å². The number of hydrogen-bond donors (Lipinski definition) is 2. The van der Waals surface area contributed by atoms with E-state index in [1.54, 1.807) is 0 Å². The van der Waals surface area contributed by atoms with Gasteiger partial charge in [-0.05, 0) is 33.6 Å². The van der Waals surface area contributed by atoms with Gasteiger partial charge in [-0.1, -0.05) is 5.10 Å². The number of aliphatic hydroxyl groups is 1. The van der Waals surface area contributed by atoms with Gasteiger partial charge in [-0.3, -0.25) is 0 Å². The molecule has 2 heterocycles. The number of aromatic nitrogens is 2. The number of aliphatic hydroxyl groups excluding tert-OH is 1. The van der Waals surface area contributed by atoms with E-state index < -0.39 is 0 Å². The van der Waals surface area contributed by atoms with Gasteiger partial charge < -0.3 is 19.7 Å². The van der Waals surface area contributed by atoms with Gasteiger partial charge in [0, 0.05) is 18.6 Å². The number of rotatable bonds is 3. The standard InChI is InChI=1S/C12H22N4O2/c1-12(2,3)13-8-10-14-15-11(18-10)16-6-4-9(17)5-7-16/h9,13,17H,4-8H2,1-3H3. The Bertz CT molecular complexity index is 378. The molecule has 18 heavy (non-hydrogen) atoms. The zero-order valence-electron chi connectivity index (χ0n) is 11.3. The first-order valence-corrected chi connectivity index (χ1v) is 6.44. The van der Waals surface area contributed by atoms with Gasteiger partial charge in [0.15, 0.2) is 0 Å². The highest BCUT2D eigenvalue weighted by molar-refractivity contribution is 5.24. The van der Waals surface area contributed by atoms with E-state index in [0.29, 0.717) is 18.5 Å². The van der Waals surface area contributed by atoms with Crippen molar-refractivity contribution < 1.29 is 9.52 Å². The van der Waals surface area contributed by atoms with E-state index in [4.69, 9.17) is 4.42 Å². The van der Waals surface area contributed by atoms with Gasteiger partial charge in [0.05, 0.1) is 12.6 Å². The number of anilines is 1. The maximum atomic E-state index is 9.45. The second kappa shape index (κ2) is 5.24. The lowest BCUT2D eigenvalue weighted by Gasteiger charge is -2.27. The summed E-state index contributed by atoms with van der Waals surface area (Å²) in [6, 6.07) is 0.563. The molecule has 102 valence electrons. The molecular weight excluding hydrogens is 232 g/mol. The van der Waals surface area contributed by atoms with Gasteiger partial charge in [0.25, 0.3) is 0 Å². The Balaban J connectivity index is 1.90. The summed E-state index contributed by atoms with van der Waals surface area (Å²) in [5.74, 6) is 0.603. The molecule has 1 aliphatic rings. The van der Waals surface area contributed by atoms with Crippen molar-refractivity contribution in [3.8, 4) is 0 Å². The fraction of sp³-hybridized carbons (Fsp3) is 0.833. The highest BCUT2D eigenvalue weighted by Gasteiger charge is 2.21. The summed E-state index contributed by atoms with van der Waals surface area (Å²) in [5, 5.41) is 20.8. The van der Waals surface area contributed by atoms with E-state index in [0.717, 1.165) is 25.9 Å². The maximum absolute atomic E-state index is 9.45. The molecule has 0 amide bonds. The Kier molecular flexibility index (Phi) is 3.87. The van der Waals surface area contributed by atoms with Crippen molar-refractivity contribution in [3.63, 3.8) is 0 Å². The zero-order chi connectivity index (χ0) is 13.2. The Hall–Kier alpha value is -1.14. The van der Waals surface area contributed by atoms with Gasteiger partial charge in [-0.25, -0.2) is 0 Å². The van der Waals surface area contributed by atoms with E-state index in [-0.39, 0.29) is 11.6 Å². The van der Waals surface area contributed by atoms with Crippen molar-refractivity contribution in [3.05, 3.63) is 5.89 Å². The van der Waals surface area contributed by atoms with Crippen molar-refractivity contribution >= 4 is 6.01 Å². The topological polar surface area (TPSA) is 74.4 Å². The average Bonchev–Trinajstić information content (AvgIpc) is 2.75. The van der Waals surface area contributed by atoms with E-state index in [1.165, 1.54) is 0 Å². The molecule has 1 aromatic heterocycles. The normalized spacial score (nSPS) is 18.3. The smallest absolute Gasteiger partial charge is 0.318 e. The van der Waals surface area contributed by atoms with Crippen molar-refractivity contribution in [2.75, 3.05) is 18.0 Å². The average molecular weight is 254 g/mol. The Morgan fingerprint density at radius 1 is 1.33 bits per heavy atom. The van der Waals surface area contributed by atoms with E-state index in [2.05, 4.69) is 36.3 Å². The third-order valence-corrected chi connectivity index (χ3v) is 2.96. The molecule has 0 spiro atoms. The first kappa shape index (κ1) is 13.3. The third kappa shape index (κ3) is 3.68. The molecule has 0 aliphatic carbocycles. The summed E-state index contributed by atoms with van der Waals surface area (Å²) >= 11 is 0. The first-order valence-electron chi connectivity index (χ1n) is 6.44. The molecule has 0 atom stereocenters. The molecule has 2 rings (SSSR count). The largest absolute Gasteiger partial charge is 0.407 e. The van der Waals surface area contributed by atoms with Gasteiger partial charge >= 0.3 is 6.01 Å². The predicted molar refractivity (Wildman–Crippen MR) is 68.3 cm³/mol. The van der Waals surface area contributed by atoms with Crippen molar-refractivity contribution in [2.45, 2.75) is 51.8 Å². The summed E-state index contributed by atoms with van der Waals surface area (Å²) in [7, 11) is 0. The van der Waals surface area contributed by atoms with Crippen LogP contribution in [0.2, 0.25) is 0 Å². The van der Waals surface area contributed by atoms with Crippen LogP contribution in [-0.2, 0) is 6.54 Å². The monoisotopic (exact) mass is 254 g/mol. The number of piperidine rings is 1. The maximum Gasteiger partial charge on any atom is 0.318 e. The lowest BCUT2D eigenvalue weighted by molar-refractivity contribution is 0.144. The second-order valence-corrected chi connectivity index (χ2v) is 5.80. The number of nitrogens with one attached hydrogen (secondary N) is 1. The Morgan fingerprint density at radius 3 is 2.61 bits per heavy atom. The second-order valence-electron chi connectivity index (χ2n) is 5.80. The number of hydrogen-bond acceptors (Lipinski definition) is 6. The van der Waals surface area contributed by atoms with Crippen LogP contribution in [0.3, 0.4) is 0 Å². The first-order chi connectivity index (χ1) is 8.44. The molecule has 1 saturated heterocycles. The van der Waals surface area contributed by atoms with Gasteiger partial charge in [0.2, 0.25) is 5.89 Å². The molecule has 1 aliphatic heterocycles. The molecule has 6 nitrogen and oxygen atoms in total. The molecule has 0 bridgehead atoms. The van der Waals surface area contributed by atoms with Crippen LogP contribution in [0.25, 0.3) is 0 Å². The molecular formula is C12H22N4O2. The molecule has 2 N–H and O–H groups in total. The highest BCUT2D eigenvalue weighted by Crippen LogP contribution is 2.18. The Morgan fingerprint density at radius 2 is 2.00 bits per heavy atom. The van der Waals surface area contributed by atoms with Crippen molar-refractivity contribution in [1.29, 1.82) is 0 Å². The molecule has 0 aromatic carbocycles. The van der Waals surface area contributed by atoms with Crippen LogP contribution in [-0.4, -0.2) is 40.0 Å². The molecule has 0 unspecified atom stereocenters. The summed E-state index contributed by atoms with van der Waals surface area (Å²) < 4.78 is 5.61. The van der Waals surface area contributed by atoms with Gasteiger partial charge in [0.1, 0.15) is 0 Å². The Labute approximate surface area is 107 Å². The van der Waals surface area contributed by atoms with Crippen LogP contribution >= 0.6 is 0 Å². The van der Waals surface area contributed by atoms with Crippen LogP contribution in [0.1, 0.15) is 39.5 Å². The molecule has 1 fully saturated rings. The van der Waals surface area contributed by atoms with Crippen molar-refractivity contribution in [2.24, 2.45) is 0 Å². The van der Waals surface area contributed by atoms with Crippen LogP contribution in [0.4, 0.5) is 6.01 Å². The minimum atomic E-state index is -0.189. The SMILES string of the molecule is CC(C)(C)NCc1nnc(N2CCC(O)CC2)o1. The number of nitrogens with zero attached hydrogens (tertiary/aromatic N) is 3. The summed E-state index contributed by atoms with van der Waals surface area (Å²) in [4.78, 5) is 2.03. The fourth-order valence-corrected chi connectivity index (χ4v) is 1.84. The predicted octanol–water partition coefficient (Wildman–Crippen LogP) is 0.919. The zero-order valence-corrected chi connectivity index (χ0v) is 11.3. The fourth-order valence-electron chi connectivity index (χ4n) is 1.84. The quantitative estimate of drug-likeness (QED) is 0.835.